The predicted molar refractivity (Wildman–Crippen MR) is 88.8 cm³/mol. The molecular weight excluding hydrogens is 258 g/mol. The summed E-state index contributed by atoms with van der Waals surface area (Å²) in [6.07, 6.45) is 5.46. The van der Waals surface area contributed by atoms with Crippen molar-refractivity contribution in [3.63, 3.8) is 0 Å². The number of rotatable bonds is 4. The Morgan fingerprint density at radius 2 is 2.05 bits per heavy atom. The van der Waals surface area contributed by atoms with Gasteiger partial charge in [-0.3, -0.25) is 0 Å². The molecule has 114 valence electrons. The Hall–Kier alpha value is -1.28. The maximum atomic E-state index is 6.34. The third-order valence-corrected chi connectivity index (χ3v) is 5.17. The first-order chi connectivity index (χ1) is 10.2. The molecule has 21 heavy (non-hydrogen) atoms. The predicted octanol–water partition coefficient (Wildman–Crippen LogP) is 4.72. The summed E-state index contributed by atoms with van der Waals surface area (Å²) in [6.45, 7) is 7.63. The van der Waals surface area contributed by atoms with Crippen molar-refractivity contribution < 1.29 is 4.74 Å². The number of benzene rings is 1. The summed E-state index contributed by atoms with van der Waals surface area (Å²) in [5, 5.41) is 1.45. The molecule has 2 aromatic rings. The van der Waals surface area contributed by atoms with Gasteiger partial charge in [0.25, 0.3) is 0 Å². The van der Waals surface area contributed by atoms with Crippen LogP contribution in [0.2, 0.25) is 0 Å². The number of nitrogens with zero attached hydrogens (tertiary/aromatic N) is 1. The second kappa shape index (κ2) is 5.49. The molecule has 2 heteroatoms. The molecule has 0 bridgehead atoms. The van der Waals surface area contributed by atoms with E-state index in [1.807, 2.05) is 0 Å². The molecule has 3 rings (SSSR count). The standard InChI is InChI=1S/C19H27NO/c1-5-12-19(7-3)18-16(11-13-21-19)15-10-8-9-14(6-2)17(15)20(18)4/h8-10H,5-7,11-13H2,1-4H3. The molecule has 0 amide bonds. The van der Waals surface area contributed by atoms with E-state index in [4.69, 9.17) is 4.74 Å². The van der Waals surface area contributed by atoms with Gasteiger partial charge in [0.15, 0.2) is 0 Å². The van der Waals surface area contributed by atoms with Gasteiger partial charge < -0.3 is 9.30 Å². The number of aryl methyl sites for hydroxylation is 2. The summed E-state index contributed by atoms with van der Waals surface area (Å²) in [7, 11) is 2.23. The van der Waals surface area contributed by atoms with Crippen LogP contribution in [0, 0.1) is 0 Å². The highest BCUT2D eigenvalue weighted by Gasteiger charge is 2.39. The van der Waals surface area contributed by atoms with Crippen LogP contribution in [0.15, 0.2) is 18.2 Å². The van der Waals surface area contributed by atoms with Crippen LogP contribution in [0.25, 0.3) is 10.9 Å². The Bertz CT molecular complexity index is 655. The van der Waals surface area contributed by atoms with E-state index in [-0.39, 0.29) is 5.60 Å². The molecule has 1 aromatic heterocycles. The van der Waals surface area contributed by atoms with Crippen LogP contribution in [-0.2, 0) is 30.2 Å². The van der Waals surface area contributed by atoms with Crippen LogP contribution in [0.4, 0.5) is 0 Å². The average molecular weight is 285 g/mol. The molecule has 2 heterocycles. The summed E-state index contributed by atoms with van der Waals surface area (Å²) in [5.41, 5.74) is 5.76. The van der Waals surface area contributed by atoms with E-state index >= 15 is 0 Å². The van der Waals surface area contributed by atoms with Gasteiger partial charge in [-0.15, -0.1) is 0 Å². The van der Waals surface area contributed by atoms with Gasteiger partial charge in [-0.05, 0) is 36.8 Å². The van der Waals surface area contributed by atoms with E-state index in [1.54, 1.807) is 0 Å². The number of hydrogen-bond acceptors (Lipinski definition) is 1. The highest BCUT2D eigenvalue weighted by Crippen LogP contribution is 2.44. The fourth-order valence-corrected chi connectivity index (χ4v) is 4.25. The van der Waals surface area contributed by atoms with E-state index in [0.717, 1.165) is 38.7 Å². The molecule has 0 fully saturated rings. The SMILES string of the molecule is CCCC1(CC)OCCc2c1n(C)c1c(CC)cccc21. The van der Waals surface area contributed by atoms with Crippen molar-refractivity contribution in [2.45, 2.75) is 58.5 Å². The Labute approximate surface area is 128 Å². The Balaban J connectivity index is 2.33. The summed E-state index contributed by atoms with van der Waals surface area (Å²) in [4.78, 5) is 0. The third kappa shape index (κ3) is 2.03. The van der Waals surface area contributed by atoms with Gasteiger partial charge in [-0.1, -0.05) is 45.4 Å². The van der Waals surface area contributed by atoms with Crippen molar-refractivity contribution in [2.24, 2.45) is 7.05 Å². The maximum absolute atomic E-state index is 6.34. The molecular formula is C19H27NO. The summed E-state index contributed by atoms with van der Waals surface area (Å²) in [6, 6.07) is 6.78. The van der Waals surface area contributed by atoms with Crippen molar-refractivity contribution in [1.82, 2.24) is 4.57 Å². The number of para-hydroxylation sites is 1. The molecule has 0 saturated carbocycles. The normalized spacial score (nSPS) is 21.7. The molecule has 1 unspecified atom stereocenters. The van der Waals surface area contributed by atoms with Crippen LogP contribution >= 0.6 is 0 Å². The van der Waals surface area contributed by atoms with Crippen molar-refractivity contribution in [1.29, 1.82) is 0 Å². The first-order valence-electron chi connectivity index (χ1n) is 8.42. The highest BCUT2D eigenvalue weighted by atomic mass is 16.5. The van der Waals surface area contributed by atoms with Crippen molar-refractivity contribution in [2.75, 3.05) is 6.61 Å². The average Bonchev–Trinajstić information content (AvgIpc) is 2.82. The zero-order valence-electron chi connectivity index (χ0n) is 13.8. The van der Waals surface area contributed by atoms with Crippen LogP contribution in [0.5, 0.6) is 0 Å². The molecule has 0 spiro atoms. The quantitative estimate of drug-likeness (QED) is 0.793. The van der Waals surface area contributed by atoms with Crippen molar-refractivity contribution in [3.05, 3.63) is 35.0 Å². The second-order valence-corrected chi connectivity index (χ2v) is 6.25. The van der Waals surface area contributed by atoms with Gasteiger partial charge in [0.2, 0.25) is 0 Å². The number of fused-ring (bicyclic) bond motifs is 3. The lowest BCUT2D eigenvalue weighted by atomic mass is 9.85. The van der Waals surface area contributed by atoms with E-state index < -0.39 is 0 Å². The summed E-state index contributed by atoms with van der Waals surface area (Å²) >= 11 is 0. The third-order valence-electron chi connectivity index (χ3n) is 5.17. The fourth-order valence-electron chi connectivity index (χ4n) is 4.25. The summed E-state index contributed by atoms with van der Waals surface area (Å²) < 4.78 is 8.78. The van der Waals surface area contributed by atoms with E-state index in [2.05, 4.69) is 50.6 Å². The van der Waals surface area contributed by atoms with Gasteiger partial charge >= 0.3 is 0 Å². The second-order valence-electron chi connectivity index (χ2n) is 6.25. The van der Waals surface area contributed by atoms with E-state index in [0.29, 0.717) is 0 Å². The maximum Gasteiger partial charge on any atom is 0.108 e. The lowest BCUT2D eigenvalue weighted by molar-refractivity contribution is -0.0745. The number of ether oxygens (including phenoxy) is 1. The highest BCUT2D eigenvalue weighted by molar-refractivity contribution is 5.89. The number of aromatic nitrogens is 1. The van der Waals surface area contributed by atoms with Crippen LogP contribution in [-0.4, -0.2) is 11.2 Å². The van der Waals surface area contributed by atoms with Crippen LogP contribution in [0.3, 0.4) is 0 Å². The lowest BCUT2D eigenvalue weighted by Gasteiger charge is -2.38. The van der Waals surface area contributed by atoms with Gasteiger partial charge in [-0.25, -0.2) is 0 Å². The van der Waals surface area contributed by atoms with Crippen LogP contribution < -0.4 is 0 Å². The first kappa shape index (κ1) is 14.6. The van der Waals surface area contributed by atoms with Crippen molar-refractivity contribution >= 4 is 10.9 Å². The molecule has 1 atom stereocenters. The summed E-state index contributed by atoms with van der Waals surface area (Å²) in [5.74, 6) is 0. The smallest absolute Gasteiger partial charge is 0.108 e. The minimum atomic E-state index is -0.0822. The topological polar surface area (TPSA) is 14.2 Å². The van der Waals surface area contributed by atoms with Gasteiger partial charge in [0, 0.05) is 12.4 Å². The fraction of sp³-hybridized carbons (Fsp3) is 0.579. The van der Waals surface area contributed by atoms with Crippen LogP contribution in [0.1, 0.15) is 56.9 Å². The Kier molecular flexibility index (Phi) is 3.83. The Morgan fingerprint density at radius 3 is 2.71 bits per heavy atom. The zero-order chi connectivity index (χ0) is 15.0. The monoisotopic (exact) mass is 285 g/mol. The zero-order valence-corrected chi connectivity index (χ0v) is 13.8. The molecule has 1 aromatic carbocycles. The lowest BCUT2D eigenvalue weighted by Crippen LogP contribution is -2.36. The number of hydrogen-bond donors (Lipinski definition) is 0. The first-order valence-corrected chi connectivity index (χ1v) is 8.42. The largest absolute Gasteiger partial charge is 0.368 e. The molecule has 1 aliphatic rings. The molecule has 2 nitrogen and oxygen atoms in total. The molecule has 1 aliphatic heterocycles. The van der Waals surface area contributed by atoms with Crippen molar-refractivity contribution in [3.8, 4) is 0 Å². The van der Waals surface area contributed by atoms with Gasteiger partial charge in [0.1, 0.15) is 5.60 Å². The van der Waals surface area contributed by atoms with Gasteiger partial charge in [0.05, 0.1) is 17.8 Å². The Morgan fingerprint density at radius 1 is 1.24 bits per heavy atom. The molecule has 0 aliphatic carbocycles. The minimum absolute atomic E-state index is 0.0822. The molecule has 0 radical (unpaired) electrons. The molecule has 0 N–H and O–H groups in total. The van der Waals surface area contributed by atoms with E-state index in [1.165, 1.54) is 27.7 Å². The minimum Gasteiger partial charge on any atom is -0.368 e. The van der Waals surface area contributed by atoms with Gasteiger partial charge in [-0.2, -0.15) is 0 Å². The van der Waals surface area contributed by atoms with E-state index in [9.17, 15) is 0 Å². The molecule has 0 saturated heterocycles.